The van der Waals surface area contributed by atoms with Gasteiger partial charge in [0.05, 0.1) is 35.4 Å². The molecule has 3 rings (SSSR count). The molecule has 172 valence electrons. The molecule has 32 heavy (non-hydrogen) atoms. The van der Waals surface area contributed by atoms with E-state index in [1.807, 2.05) is 17.9 Å². The third-order valence-electron chi connectivity index (χ3n) is 5.69. The predicted octanol–water partition coefficient (Wildman–Crippen LogP) is 3.15. The Kier molecular flexibility index (Phi) is 7.51. The molecule has 10 heteroatoms. The Morgan fingerprint density at radius 1 is 1.50 bits per heavy atom. The van der Waals surface area contributed by atoms with Crippen LogP contribution in [0.25, 0.3) is 0 Å². The molecule has 2 saturated heterocycles. The van der Waals surface area contributed by atoms with Gasteiger partial charge in [-0.25, -0.2) is 9.18 Å². The molecule has 2 fully saturated rings. The van der Waals surface area contributed by atoms with Gasteiger partial charge in [-0.15, -0.1) is 0 Å². The van der Waals surface area contributed by atoms with Crippen LogP contribution in [0.15, 0.2) is 18.2 Å². The molecule has 2 aliphatic heterocycles. The SMILES string of the molecule is CC(=S)NC[C@H]1CN(c2ccc(N3CCC(C(=O)OC(C)C#N)CC3C)c(F)c2)C(=O)O1. The molecule has 2 heterocycles. The van der Waals surface area contributed by atoms with Crippen LogP contribution in [0.5, 0.6) is 0 Å². The lowest BCUT2D eigenvalue weighted by atomic mass is 9.91. The van der Waals surface area contributed by atoms with Gasteiger partial charge in [0.25, 0.3) is 0 Å². The quantitative estimate of drug-likeness (QED) is 0.509. The molecule has 1 N–H and O–H groups in total. The Morgan fingerprint density at radius 2 is 2.25 bits per heavy atom. The summed E-state index contributed by atoms with van der Waals surface area (Å²) in [4.78, 5) is 28.4. The molecule has 0 aliphatic carbocycles. The zero-order valence-electron chi connectivity index (χ0n) is 18.3. The third-order valence-corrected chi connectivity index (χ3v) is 5.83. The molecule has 0 aromatic heterocycles. The normalized spacial score (nSPS) is 23.8. The number of hydrogen-bond donors (Lipinski definition) is 1. The fourth-order valence-electron chi connectivity index (χ4n) is 4.03. The Balaban J connectivity index is 1.64. The van der Waals surface area contributed by atoms with Crippen molar-refractivity contribution in [1.29, 1.82) is 5.26 Å². The highest BCUT2D eigenvalue weighted by Gasteiger charge is 2.35. The summed E-state index contributed by atoms with van der Waals surface area (Å²) in [6, 6.07) is 6.47. The van der Waals surface area contributed by atoms with Crippen molar-refractivity contribution in [2.75, 3.05) is 29.4 Å². The van der Waals surface area contributed by atoms with E-state index in [0.717, 1.165) is 0 Å². The first kappa shape index (κ1) is 23.7. The zero-order chi connectivity index (χ0) is 23.4. The Labute approximate surface area is 192 Å². The highest BCUT2D eigenvalue weighted by Crippen LogP contribution is 2.33. The van der Waals surface area contributed by atoms with Crippen LogP contribution in [-0.2, 0) is 14.3 Å². The molecule has 1 amide bonds. The van der Waals surface area contributed by atoms with Crippen LogP contribution in [0.3, 0.4) is 0 Å². The lowest BCUT2D eigenvalue weighted by Gasteiger charge is -2.38. The summed E-state index contributed by atoms with van der Waals surface area (Å²) in [5.41, 5.74) is 0.843. The molecule has 0 spiro atoms. The number of nitrogens with zero attached hydrogens (tertiary/aromatic N) is 3. The number of carbonyl (C=O) groups excluding carboxylic acids is 2. The highest BCUT2D eigenvalue weighted by atomic mass is 32.1. The van der Waals surface area contributed by atoms with Gasteiger partial charge >= 0.3 is 12.1 Å². The molecule has 2 aliphatic rings. The van der Waals surface area contributed by atoms with Crippen LogP contribution in [-0.4, -0.2) is 54.9 Å². The maximum atomic E-state index is 15.0. The third kappa shape index (κ3) is 5.46. The molecule has 0 saturated carbocycles. The van der Waals surface area contributed by atoms with Gasteiger partial charge in [0.2, 0.25) is 0 Å². The minimum Gasteiger partial charge on any atom is -0.447 e. The standard InChI is InChI=1S/C22H27FN4O4S/c1-13-8-16(21(28)30-14(2)10-24)6-7-26(13)20-5-4-17(9-19(20)23)27-12-18(31-22(27)29)11-25-15(3)32/h4-5,9,13-14,16,18H,6-8,11-12H2,1-3H3,(H,25,32)/t13?,14?,16?,18-/m0/s1. The molecule has 1 aromatic rings. The lowest BCUT2D eigenvalue weighted by Crippen LogP contribution is -2.44. The highest BCUT2D eigenvalue weighted by molar-refractivity contribution is 7.80. The van der Waals surface area contributed by atoms with E-state index < -0.39 is 18.0 Å². The van der Waals surface area contributed by atoms with Crippen LogP contribution in [0.4, 0.5) is 20.6 Å². The molecule has 1 aromatic carbocycles. The summed E-state index contributed by atoms with van der Waals surface area (Å²) in [7, 11) is 0. The summed E-state index contributed by atoms with van der Waals surface area (Å²) in [6.07, 6.45) is -0.664. The number of esters is 1. The average Bonchev–Trinajstić information content (AvgIpc) is 3.12. The fourth-order valence-corrected chi connectivity index (χ4v) is 4.12. The van der Waals surface area contributed by atoms with Gasteiger partial charge in [-0.05, 0) is 51.8 Å². The van der Waals surface area contributed by atoms with Crippen LogP contribution in [0.2, 0.25) is 0 Å². The van der Waals surface area contributed by atoms with Crippen molar-refractivity contribution < 1.29 is 23.5 Å². The maximum absolute atomic E-state index is 15.0. The van der Waals surface area contributed by atoms with Crippen molar-refractivity contribution >= 4 is 40.6 Å². The number of rotatable bonds is 6. The van der Waals surface area contributed by atoms with Crippen molar-refractivity contribution in [3.63, 3.8) is 0 Å². The van der Waals surface area contributed by atoms with Crippen molar-refractivity contribution in [2.24, 2.45) is 5.92 Å². The van der Waals surface area contributed by atoms with Crippen LogP contribution >= 0.6 is 12.2 Å². The molecule has 4 atom stereocenters. The summed E-state index contributed by atoms with van der Waals surface area (Å²) >= 11 is 4.97. The number of nitriles is 1. The largest absolute Gasteiger partial charge is 0.447 e. The van der Waals surface area contributed by atoms with Crippen molar-refractivity contribution in [1.82, 2.24) is 5.32 Å². The second-order valence-electron chi connectivity index (χ2n) is 8.16. The van der Waals surface area contributed by atoms with Gasteiger partial charge in [0, 0.05) is 12.6 Å². The number of piperidine rings is 1. The molecule has 8 nitrogen and oxygen atoms in total. The van der Waals surface area contributed by atoms with Gasteiger partial charge in [-0.2, -0.15) is 5.26 Å². The molecule has 3 unspecified atom stereocenters. The maximum Gasteiger partial charge on any atom is 0.414 e. The molecular formula is C22H27FN4O4S. The van der Waals surface area contributed by atoms with Gasteiger partial charge in [0.15, 0.2) is 6.10 Å². The monoisotopic (exact) mass is 462 g/mol. The van der Waals surface area contributed by atoms with Gasteiger partial charge < -0.3 is 19.7 Å². The number of cyclic esters (lactones) is 1. The zero-order valence-corrected chi connectivity index (χ0v) is 19.2. The number of ether oxygens (including phenoxy) is 2. The Bertz CT molecular complexity index is 937. The van der Waals surface area contributed by atoms with Crippen LogP contribution in [0.1, 0.15) is 33.6 Å². The van der Waals surface area contributed by atoms with Crippen LogP contribution in [0, 0.1) is 23.1 Å². The number of nitrogens with one attached hydrogen (secondary N) is 1. The summed E-state index contributed by atoms with van der Waals surface area (Å²) in [5.74, 6) is -1.15. The second-order valence-corrected chi connectivity index (χ2v) is 8.77. The van der Waals surface area contributed by atoms with E-state index in [2.05, 4.69) is 5.32 Å². The number of halogens is 1. The first-order chi connectivity index (χ1) is 15.2. The van der Waals surface area contributed by atoms with Gasteiger partial charge in [-0.1, -0.05) is 12.2 Å². The van der Waals surface area contributed by atoms with Crippen LogP contribution < -0.4 is 15.1 Å². The smallest absolute Gasteiger partial charge is 0.414 e. The second kappa shape index (κ2) is 10.1. The van der Waals surface area contributed by atoms with E-state index in [4.69, 9.17) is 27.0 Å². The Morgan fingerprint density at radius 3 is 2.88 bits per heavy atom. The fraction of sp³-hybridized carbons (Fsp3) is 0.545. The van der Waals surface area contributed by atoms with E-state index in [-0.39, 0.29) is 24.0 Å². The number of benzene rings is 1. The van der Waals surface area contributed by atoms with Gasteiger partial charge in [0.1, 0.15) is 18.0 Å². The Hall–Kier alpha value is -2.93. The number of thiocarbonyl (C=S) groups is 1. The van der Waals surface area contributed by atoms with E-state index >= 15 is 4.39 Å². The number of hydrogen-bond acceptors (Lipinski definition) is 7. The summed E-state index contributed by atoms with van der Waals surface area (Å²) < 4.78 is 25.5. The van der Waals surface area contributed by atoms with Gasteiger partial charge in [-0.3, -0.25) is 9.69 Å². The molecule has 0 bridgehead atoms. The predicted molar refractivity (Wildman–Crippen MR) is 121 cm³/mol. The van der Waals surface area contributed by atoms with E-state index in [0.29, 0.717) is 48.8 Å². The minimum absolute atomic E-state index is 0.0934. The van der Waals surface area contributed by atoms with Crippen molar-refractivity contribution in [3.8, 4) is 6.07 Å². The first-order valence-electron chi connectivity index (χ1n) is 10.6. The minimum atomic E-state index is -0.785. The molecular weight excluding hydrogens is 435 g/mol. The molecule has 0 radical (unpaired) electrons. The van der Waals surface area contributed by atoms with Crippen molar-refractivity contribution in [3.05, 3.63) is 24.0 Å². The summed E-state index contributed by atoms with van der Waals surface area (Å²) in [5, 5.41) is 11.8. The van der Waals surface area contributed by atoms with E-state index in [1.54, 1.807) is 19.1 Å². The average molecular weight is 463 g/mol. The number of anilines is 2. The first-order valence-corrected chi connectivity index (χ1v) is 11.0. The number of amides is 1. The van der Waals surface area contributed by atoms with Crippen molar-refractivity contribution in [2.45, 2.75) is 51.9 Å². The lowest BCUT2D eigenvalue weighted by molar-refractivity contribution is -0.151. The summed E-state index contributed by atoms with van der Waals surface area (Å²) in [6.45, 7) is 6.39. The topological polar surface area (TPSA) is 94.9 Å². The number of carbonyl (C=O) groups is 2. The van der Waals surface area contributed by atoms with E-state index in [1.165, 1.54) is 17.9 Å². The van der Waals surface area contributed by atoms with E-state index in [9.17, 15) is 9.59 Å².